The van der Waals surface area contributed by atoms with Crippen molar-refractivity contribution < 1.29 is 9.13 Å². The first kappa shape index (κ1) is 13.7. The number of methoxy groups -OCH3 is 1. The average Bonchev–Trinajstić information content (AvgIpc) is 2.43. The van der Waals surface area contributed by atoms with Crippen molar-refractivity contribution in [3.05, 3.63) is 58.9 Å². The van der Waals surface area contributed by atoms with Gasteiger partial charge in [-0.1, -0.05) is 23.7 Å². The van der Waals surface area contributed by atoms with Crippen molar-refractivity contribution in [1.82, 2.24) is 0 Å². The van der Waals surface area contributed by atoms with E-state index in [-0.39, 0.29) is 11.9 Å². The highest BCUT2D eigenvalue weighted by atomic mass is 35.5. The molecule has 2 aromatic rings. The number of halogens is 2. The molecule has 4 heteroatoms. The second-order valence-corrected chi connectivity index (χ2v) is 4.70. The van der Waals surface area contributed by atoms with E-state index in [1.165, 1.54) is 12.1 Å². The Hall–Kier alpha value is -1.74. The fourth-order valence-corrected chi connectivity index (χ4v) is 2.01. The number of nitrogens with one attached hydrogen (secondary N) is 1. The molecule has 0 spiro atoms. The van der Waals surface area contributed by atoms with E-state index in [0.717, 1.165) is 11.3 Å². The average molecular weight is 280 g/mol. The lowest BCUT2D eigenvalue weighted by atomic mass is 10.1. The summed E-state index contributed by atoms with van der Waals surface area (Å²) in [6.07, 6.45) is 0. The Morgan fingerprint density at radius 3 is 2.74 bits per heavy atom. The molecular weight excluding hydrogens is 265 g/mol. The molecule has 0 aliphatic carbocycles. The SMILES string of the molecule is COc1cccc(C(C)Nc2cc(Cl)ccc2F)c1. The van der Waals surface area contributed by atoms with Gasteiger partial charge in [0.05, 0.1) is 12.8 Å². The van der Waals surface area contributed by atoms with Gasteiger partial charge in [0.1, 0.15) is 11.6 Å². The predicted molar refractivity (Wildman–Crippen MR) is 76.4 cm³/mol. The van der Waals surface area contributed by atoms with Gasteiger partial charge in [-0.15, -0.1) is 0 Å². The van der Waals surface area contributed by atoms with Crippen LogP contribution in [0.4, 0.5) is 10.1 Å². The minimum Gasteiger partial charge on any atom is -0.497 e. The van der Waals surface area contributed by atoms with Gasteiger partial charge in [0.15, 0.2) is 0 Å². The van der Waals surface area contributed by atoms with Gasteiger partial charge in [0.2, 0.25) is 0 Å². The van der Waals surface area contributed by atoms with Gasteiger partial charge < -0.3 is 10.1 Å². The number of hydrogen-bond donors (Lipinski definition) is 1. The van der Waals surface area contributed by atoms with Crippen molar-refractivity contribution in [2.45, 2.75) is 13.0 Å². The summed E-state index contributed by atoms with van der Waals surface area (Å²) < 4.78 is 18.8. The normalized spacial score (nSPS) is 12.0. The zero-order chi connectivity index (χ0) is 13.8. The molecule has 2 rings (SSSR count). The standard InChI is InChI=1S/C15H15ClFNO/c1-10(11-4-3-5-13(8-11)19-2)18-15-9-12(16)6-7-14(15)17/h3-10,18H,1-2H3. The fraction of sp³-hybridized carbons (Fsp3) is 0.200. The van der Waals surface area contributed by atoms with Crippen molar-refractivity contribution in [2.75, 3.05) is 12.4 Å². The van der Waals surface area contributed by atoms with Gasteiger partial charge >= 0.3 is 0 Å². The summed E-state index contributed by atoms with van der Waals surface area (Å²) in [6.45, 7) is 1.95. The van der Waals surface area contributed by atoms with Crippen LogP contribution in [0.5, 0.6) is 5.75 Å². The van der Waals surface area contributed by atoms with E-state index in [2.05, 4.69) is 5.32 Å². The second kappa shape index (κ2) is 5.93. The molecule has 1 N–H and O–H groups in total. The molecule has 0 bridgehead atoms. The molecule has 19 heavy (non-hydrogen) atoms. The molecule has 100 valence electrons. The van der Waals surface area contributed by atoms with E-state index in [4.69, 9.17) is 16.3 Å². The van der Waals surface area contributed by atoms with Crippen molar-refractivity contribution >= 4 is 17.3 Å². The van der Waals surface area contributed by atoms with Crippen molar-refractivity contribution in [2.24, 2.45) is 0 Å². The molecule has 0 aromatic heterocycles. The van der Waals surface area contributed by atoms with Gasteiger partial charge in [-0.3, -0.25) is 0 Å². The number of benzene rings is 2. The molecule has 0 saturated carbocycles. The van der Waals surface area contributed by atoms with Crippen LogP contribution < -0.4 is 10.1 Å². The monoisotopic (exact) mass is 279 g/mol. The molecular formula is C15H15ClFNO. The highest BCUT2D eigenvalue weighted by Crippen LogP contribution is 2.26. The Morgan fingerprint density at radius 1 is 1.21 bits per heavy atom. The zero-order valence-electron chi connectivity index (χ0n) is 10.8. The summed E-state index contributed by atoms with van der Waals surface area (Å²) in [7, 11) is 1.62. The number of rotatable bonds is 4. The molecule has 1 unspecified atom stereocenters. The maximum absolute atomic E-state index is 13.6. The highest BCUT2D eigenvalue weighted by molar-refractivity contribution is 6.30. The zero-order valence-corrected chi connectivity index (χ0v) is 11.5. The summed E-state index contributed by atoms with van der Waals surface area (Å²) in [4.78, 5) is 0. The molecule has 2 aromatic carbocycles. The van der Waals surface area contributed by atoms with E-state index in [9.17, 15) is 4.39 Å². The molecule has 0 radical (unpaired) electrons. The Balaban J connectivity index is 2.20. The lowest BCUT2D eigenvalue weighted by Gasteiger charge is -2.17. The van der Waals surface area contributed by atoms with Crippen LogP contribution in [-0.2, 0) is 0 Å². The minimum absolute atomic E-state index is 0.0527. The quantitative estimate of drug-likeness (QED) is 0.879. The molecule has 0 fully saturated rings. The Morgan fingerprint density at radius 2 is 2.00 bits per heavy atom. The predicted octanol–water partition coefficient (Wildman–Crippen LogP) is 4.66. The Bertz CT molecular complexity index is 574. The first-order valence-corrected chi connectivity index (χ1v) is 6.33. The van der Waals surface area contributed by atoms with Gasteiger partial charge in [0.25, 0.3) is 0 Å². The fourth-order valence-electron chi connectivity index (χ4n) is 1.84. The second-order valence-electron chi connectivity index (χ2n) is 4.27. The van der Waals surface area contributed by atoms with E-state index in [1.807, 2.05) is 31.2 Å². The van der Waals surface area contributed by atoms with E-state index in [1.54, 1.807) is 13.2 Å². The third-order valence-electron chi connectivity index (χ3n) is 2.89. The molecule has 1 atom stereocenters. The lowest BCUT2D eigenvalue weighted by Crippen LogP contribution is -2.08. The van der Waals surface area contributed by atoms with Crippen LogP contribution in [0.1, 0.15) is 18.5 Å². The Labute approximate surface area is 117 Å². The molecule has 0 amide bonds. The summed E-state index contributed by atoms with van der Waals surface area (Å²) in [5, 5.41) is 3.61. The molecule has 0 saturated heterocycles. The number of ether oxygens (including phenoxy) is 1. The lowest BCUT2D eigenvalue weighted by molar-refractivity contribution is 0.414. The van der Waals surface area contributed by atoms with Crippen molar-refractivity contribution in [3.63, 3.8) is 0 Å². The first-order valence-electron chi connectivity index (χ1n) is 5.95. The van der Waals surface area contributed by atoms with Gasteiger partial charge in [-0.25, -0.2) is 4.39 Å². The summed E-state index contributed by atoms with van der Waals surface area (Å²) in [5.41, 5.74) is 1.40. The molecule has 0 aliphatic heterocycles. The van der Waals surface area contributed by atoms with E-state index < -0.39 is 0 Å². The number of anilines is 1. The van der Waals surface area contributed by atoms with Gasteiger partial charge in [0, 0.05) is 11.1 Å². The van der Waals surface area contributed by atoms with Crippen LogP contribution in [0, 0.1) is 5.82 Å². The molecule has 2 nitrogen and oxygen atoms in total. The van der Waals surface area contributed by atoms with Gasteiger partial charge in [-0.05, 0) is 42.8 Å². The summed E-state index contributed by atoms with van der Waals surface area (Å²) in [6, 6.07) is 12.1. The van der Waals surface area contributed by atoms with Crippen LogP contribution in [-0.4, -0.2) is 7.11 Å². The van der Waals surface area contributed by atoms with Gasteiger partial charge in [-0.2, -0.15) is 0 Å². The van der Waals surface area contributed by atoms with Crippen LogP contribution in [0.2, 0.25) is 5.02 Å². The first-order chi connectivity index (χ1) is 9.10. The van der Waals surface area contributed by atoms with Crippen LogP contribution in [0.15, 0.2) is 42.5 Å². The minimum atomic E-state index is -0.320. The Kier molecular flexibility index (Phi) is 4.27. The molecule has 0 aliphatic rings. The maximum atomic E-state index is 13.6. The highest BCUT2D eigenvalue weighted by Gasteiger charge is 2.09. The molecule has 0 heterocycles. The van der Waals surface area contributed by atoms with Crippen molar-refractivity contribution in [1.29, 1.82) is 0 Å². The number of hydrogen-bond acceptors (Lipinski definition) is 2. The third-order valence-corrected chi connectivity index (χ3v) is 3.13. The topological polar surface area (TPSA) is 21.3 Å². The van der Waals surface area contributed by atoms with E-state index in [0.29, 0.717) is 10.7 Å². The summed E-state index contributed by atoms with van der Waals surface area (Å²) >= 11 is 5.87. The maximum Gasteiger partial charge on any atom is 0.146 e. The van der Waals surface area contributed by atoms with Crippen LogP contribution >= 0.6 is 11.6 Å². The van der Waals surface area contributed by atoms with E-state index >= 15 is 0 Å². The van der Waals surface area contributed by atoms with Crippen molar-refractivity contribution in [3.8, 4) is 5.75 Å². The third kappa shape index (κ3) is 3.38. The summed E-state index contributed by atoms with van der Waals surface area (Å²) in [5.74, 6) is 0.455. The van der Waals surface area contributed by atoms with Crippen LogP contribution in [0.25, 0.3) is 0 Å². The van der Waals surface area contributed by atoms with Crippen LogP contribution in [0.3, 0.4) is 0 Å². The smallest absolute Gasteiger partial charge is 0.146 e. The largest absolute Gasteiger partial charge is 0.497 e.